The molecule has 8 atom stereocenters. The van der Waals surface area contributed by atoms with E-state index < -0.39 is 70.8 Å². The zero-order chi connectivity index (χ0) is 69.7. The molecule has 0 rings (SSSR count). The molecule has 0 saturated heterocycles. The average Bonchev–Trinajstić information content (AvgIpc) is 3.21. The van der Waals surface area contributed by atoms with Crippen LogP contribution in [0.5, 0.6) is 0 Å². The van der Waals surface area contributed by atoms with Gasteiger partial charge in [-0.25, -0.2) is 0 Å². The molecule has 0 radical (unpaired) electrons. The first-order valence-corrected chi connectivity index (χ1v) is 30.2. The molecule has 0 heterocycles. The van der Waals surface area contributed by atoms with E-state index in [1.165, 1.54) is 41.5 Å². The van der Waals surface area contributed by atoms with Crippen LogP contribution in [0.2, 0.25) is 0 Å². The van der Waals surface area contributed by atoms with Gasteiger partial charge in [-0.1, -0.05) is 283 Å². The molecule has 0 amide bonds. The fourth-order valence-electron chi connectivity index (χ4n) is 5.64. The normalized spacial score (nSPS) is 16.7. The molecule has 0 N–H and O–H groups in total. The Bertz CT molecular complexity index is 1510. The van der Waals surface area contributed by atoms with E-state index in [-0.39, 0.29) is 35.5 Å². The van der Waals surface area contributed by atoms with Crippen molar-refractivity contribution in [2.24, 2.45) is 120 Å². The van der Waals surface area contributed by atoms with Crippen LogP contribution in [0.15, 0.2) is 0 Å². The molecule has 82 heavy (non-hydrogen) atoms. The second-order valence-electron chi connectivity index (χ2n) is 32.2. The predicted molar refractivity (Wildman–Crippen MR) is 327 cm³/mol. The van der Waals surface area contributed by atoms with E-state index in [0.29, 0.717) is 33.5 Å². The van der Waals surface area contributed by atoms with Crippen molar-refractivity contribution in [1.29, 1.82) is 0 Å². The fraction of sp³-hybridized carbons (Fsp3) is 1.00. The van der Waals surface area contributed by atoms with E-state index in [0.717, 1.165) is 17.8 Å². The zero-order valence-corrected chi connectivity index (χ0v) is 60.4. The summed E-state index contributed by atoms with van der Waals surface area (Å²) >= 11 is 0. The highest BCUT2D eigenvalue weighted by molar-refractivity contribution is 4.89. The van der Waals surface area contributed by atoms with Crippen LogP contribution in [0.1, 0.15) is 283 Å². The lowest BCUT2D eigenvalue weighted by molar-refractivity contribution is -0.243. The van der Waals surface area contributed by atoms with Crippen LogP contribution in [0, 0.1) is 120 Å². The summed E-state index contributed by atoms with van der Waals surface area (Å²) in [7, 11) is 0. The maximum atomic E-state index is 12.3. The first-order valence-electron chi connectivity index (χ1n) is 30.2. The lowest BCUT2D eigenvalue weighted by atomic mass is 9.63. The van der Waals surface area contributed by atoms with E-state index in [1.54, 1.807) is 62.3 Å². The van der Waals surface area contributed by atoms with Gasteiger partial charge < -0.3 is 0 Å². The third-order valence-corrected chi connectivity index (χ3v) is 20.4. The summed E-state index contributed by atoms with van der Waals surface area (Å²) < 4.78 is 182. The Kier molecular flexibility index (Phi) is 43.2. The van der Waals surface area contributed by atoms with Gasteiger partial charge in [-0.3, -0.25) is 0 Å². The average molecular weight is 1230 g/mol. The van der Waals surface area contributed by atoms with E-state index in [9.17, 15) is 65.9 Å². The van der Waals surface area contributed by atoms with Crippen LogP contribution in [-0.4, -0.2) is 30.9 Å². The Labute approximate surface area is 498 Å². The number of alkyl halides is 15. The molecule has 0 aromatic carbocycles. The maximum Gasteiger partial charge on any atom is 0.394 e. The Balaban J connectivity index is -0.000000128. The van der Waals surface area contributed by atoms with Crippen molar-refractivity contribution < 1.29 is 65.9 Å². The standard InChI is InChI=1S/C10H22.C9H17F3.C9H20.3C8H15F3.C8H18.C7H13F3/c1-8(2)10(6,7)9(3,4)5;1-6(2)8(4,5)7(3)9(10,11)12;1-7(2)8(3)9(4,5)6;1-6(2,3)7(4,5)8(9,10)11;2*1-5(2)6(3)7(4)8(9,10)11;1-7(2,3)8(4,5)6;1-4-5(2)6(3)7(8,9)10/h8H,1-7H3;6-7H,1-5H3;7-8H,1-6H3;1-5H3;2*5-7H,1-4H3;1-6H3;5-6H,4H2,1-3H3/t;;8-;;2*6-,7?;;5?,6-/m..1.11.1/s1. The second-order valence-corrected chi connectivity index (χ2v) is 32.2. The molecule has 0 aliphatic heterocycles. The molecule has 15 heteroatoms. The van der Waals surface area contributed by atoms with Crippen LogP contribution >= 0.6 is 0 Å². The van der Waals surface area contributed by atoms with Crippen LogP contribution in [0.3, 0.4) is 0 Å². The predicted octanol–water partition coefficient (Wildman–Crippen LogP) is 27.8. The Morgan fingerprint density at radius 3 is 0.573 bits per heavy atom. The van der Waals surface area contributed by atoms with Crippen molar-refractivity contribution >= 4 is 0 Å². The van der Waals surface area contributed by atoms with Crippen molar-refractivity contribution in [2.45, 2.75) is 314 Å². The molecule has 0 aliphatic carbocycles. The van der Waals surface area contributed by atoms with Gasteiger partial charge in [-0.2, -0.15) is 65.9 Å². The van der Waals surface area contributed by atoms with Gasteiger partial charge in [0.2, 0.25) is 0 Å². The number of rotatable bonds is 10. The summed E-state index contributed by atoms with van der Waals surface area (Å²) in [6.45, 7) is 76.8. The van der Waals surface area contributed by atoms with E-state index in [2.05, 4.69) is 132 Å². The molecule has 0 aliphatic rings. The Hall–Kier alpha value is -1.05. The second kappa shape index (κ2) is 36.4. The van der Waals surface area contributed by atoms with Crippen molar-refractivity contribution in [2.75, 3.05) is 0 Å². The highest BCUT2D eigenvalue weighted by atomic mass is 19.4. The molecule has 0 saturated carbocycles. The molecule has 0 nitrogen and oxygen atoms in total. The lowest BCUT2D eigenvalue weighted by Crippen LogP contribution is -2.43. The first-order chi connectivity index (χ1) is 34.8. The molecule has 0 bridgehead atoms. The van der Waals surface area contributed by atoms with E-state index in [1.807, 2.05) is 41.5 Å². The van der Waals surface area contributed by atoms with Crippen LogP contribution in [0.25, 0.3) is 0 Å². The zero-order valence-electron chi connectivity index (χ0n) is 60.4. The van der Waals surface area contributed by atoms with E-state index in [4.69, 9.17) is 0 Å². The SMILES string of the molecule is CC(C)(C)C(C)(C)C.CC(C)(C)C(C)(C)C(F)(F)F.CC(C)C(C)(C)C(C)(C)C.CC(C)C(C)(C)C(C)C(F)(F)F.CC(C)[C@@H](C)C(C)(C)C.CC(C)[C@@H](C)C(C)C(F)(F)F.CC(C)[C@@H](C)C(C)C(F)(F)F.CCC(C)[C@@H](C)C(F)(F)F. The third-order valence-electron chi connectivity index (χ3n) is 20.4. The van der Waals surface area contributed by atoms with Crippen molar-refractivity contribution in [3.05, 3.63) is 0 Å². The Morgan fingerprint density at radius 1 is 0.280 bits per heavy atom. The summed E-state index contributed by atoms with van der Waals surface area (Å²) in [5.41, 5.74) is -0.841. The fourth-order valence-corrected chi connectivity index (χ4v) is 5.64. The summed E-state index contributed by atoms with van der Waals surface area (Å²) in [6.07, 6.45) is -19.7. The topological polar surface area (TPSA) is 0 Å². The highest BCUT2D eigenvalue weighted by Gasteiger charge is 2.54. The minimum atomic E-state index is -4.12. The highest BCUT2D eigenvalue weighted by Crippen LogP contribution is 2.50. The summed E-state index contributed by atoms with van der Waals surface area (Å²) in [5, 5.41) is 0. The van der Waals surface area contributed by atoms with Gasteiger partial charge in [0.15, 0.2) is 0 Å². The van der Waals surface area contributed by atoms with Crippen molar-refractivity contribution in [1.82, 2.24) is 0 Å². The molecule has 0 aromatic heterocycles. The van der Waals surface area contributed by atoms with Crippen molar-refractivity contribution in [3.63, 3.8) is 0 Å². The first kappa shape index (κ1) is 97.2. The molecule has 4 unspecified atom stereocenters. The monoisotopic (exact) mass is 1230 g/mol. The molecular formula is C67H135F15. The van der Waals surface area contributed by atoms with Crippen LogP contribution in [-0.2, 0) is 0 Å². The molecule has 0 fully saturated rings. The van der Waals surface area contributed by atoms with Gasteiger partial charge in [0, 0.05) is 0 Å². The third kappa shape index (κ3) is 40.4. The number of hydrogen-bond donors (Lipinski definition) is 0. The van der Waals surface area contributed by atoms with Gasteiger partial charge in [0.05, 0.1) is 29.1 Å². The van der Waals surface area contributed by atoms with Gasteiger partial charge in [-0.05, 0) is 91.2 Å². The van der Waals surface area contributed by atoms with Gasteiger partial charge in [-0.15, -0.1) is 0 Å². The number of halogens is 15. The lowest BCUT2D eigenvalue weighted by Gasteiger charge is -2.42. The minimum Gasteiger partial charge on any atom is -0.171 e. The van der Waals surface area contributed by atoms with Crippen molar-refractivity contribution in [3.8, 4) is 0 Å². The quantitative estimate of drug-likeness (QED) is 0.191. The van der Waals surface area contributed by atoms with Gasteiger partial charge in [0.1, 0.15) is 0 Å². The summed E-state index contributed by atoms with van der Waals surface area (Å²) in [5.74, 6) is -3.06. The summed E-state index contributed by atoms with van der Waals surface area (Å²) in [6, 6.07) is 0. The molecular weight excluding hydrogens is 1090 g/mol. The van der Waals surface area contributed by atoms with Crippen LogP contribution in [0.4, 0.5) is 65.9 Å². The largest absolute Gasteiger partial charge is 0.394 e. The smallest absolute Gasteiger partial charge is 0.171 e. The number of hydrogen-bond acceptors (Lipinski definition) is 0. The summed E-state index contributed by atoms with van der Waals surface area (Å²) in [4.78, 5) is 0. The van der Waals surface area contributed by atoms with E-state index >= 15 is 0 Å². The molecule has 0 spiro atoms. The van der Waals surface area contributed by atoms with Gasteiger partial charge in [0.25, 0.3) is 0 Å². The molecule has 0 aromatic rings. The maximum absolute atomic E-state index is 12.3. The van der Waals surface area contributed by atoms with Crippen LogP contribution < -0.4 is 0 Å². The minimum absolute atomic E-state index is 0.0362. The van der Waals surface area contributed by atoms with Gasteiger partial charge >= 0.3 is 30.9 Å². The Morgan fingerprint density at radius 2 is 0.537 bits per heavy atom. The molecule has 508 valence electrons.